The molecule has 1 aromatic heterocycles. The SMILES string of the molecule is CCCc1ccnnc1I. The molecule has 0 unspecified atom stereocenters. The van der Waals surface area contributed by atoms with Crippen LogP contribution in [-0.2, 0) is 6.42 Å². The van der Waals surface area contributed by atoms with Crippen molar-refractivity contribution in [3.63, 3.8) is 0 Å². The molecule has 1 aromatic rings. The lowest BCUT2D eigenvalue weighted by molar-refractivity contribution is 0.876. The van der Waals surface area contributed by atoms with E-state index < -0.39 is 0 Å². The maximum Gasteiger partial charge on any atom is 0.127 e. The molecular formula is C7H9IN2. The first-order valence-corrected chi connectivity index (χ1v) is 4.38. The molecule has 0 aliphatic heterocycles. The van der Waals surface area contributed by atoms with Crippen LogP contribution in [0.5, 0.6) is 0 Å². The Morgan fingerprint density at radius 1 is 1.60 bits per heavy atom. The van der Waals surface area contributed by atoms with Crippen molar-refractivity contribution >= 4 is 22.6 Å². The molecule has 1 heterocycles. The fraction of sp³-hybridized carbons (Fsp3) is 0.429. The highest BCUT2D eigenvalue weighted by Gasteiger charge is 1.96. The van der Waals surface area contributed by atoms with Crippen LogP contribution < -0.4 is 0 Å². The van der Waals surface area contributed by atoms with Gasteiger partial charge in [-0.05, 0) is 40.6 Å². The first-order chi connectivity index (χ1) is 4.84. The minimum Gasteiger partial charge on any atom is -0.158 e. The second-order valence-electron chi connectivity index (χ2n) is 2.10. The van der Waals surface area contributed by atoms with E-state index in [9.17, 15) is 0 Å². The highest BCUT2D eigenvalue weighted by molar-refractivity contribution is 14.1. The van der Waals surface area contributed by atoms with E-state index in [1.165, 1.54) is 12.0 Å². The summed E-state index contributed by atoms with van der Waals surface area (Å²) in [7, 11) is 0. The molecule has 2 nitrogen and oxygen atoms in total. The minimum atomic E-state index is 1.03. The highest BCUT2D eigenvalue weighted by atomic mass is 127. The Bertz CT molecular complexity index is 213. The standard InChI is InChI=1S/C7H9IN2/c1-2-3-6-4-5-9-10-7(6)8/h4-5H,2-3H2,1H3. The largest absolute Gasteiger partial charge is 0.158 e. The summed E-state index contributed by atoms with van der Waals surface area (Å²) < 4.78 is 1.03. The summed E-state index contributed by atoms with van der Waals surface area (Å²) in [6.45, 7) is 2.16. The maximum absolute atomic E-state index is 3.93. The molecule has 3 heteroatoms. The third kappa shape index (κ3) is 1.90. The van der Waals surface area contributed by atoms with Crippen molar-refractivity contribution < 1.29 is 0 Å². The summed E-state index contributed by atoms with van der Waals surface area (Å²) in [6.07, 6.45) is 4.02. The number of halogens is 1. The smallest absolute Gasteiger partial charge is 0.127 e. The number of hydrogen-bond donors (Lipinski definition) is 0. The number of nitrogens with zero attached hydrogens (tertiary/aromatic N) is 2. The van der Waals surface area contributed by atoms with Gasteiger partial charge >= 0.3 is 0 Å². The summed E-state index contributed by atoms with van der Waals surface area (Å²) in [5.74, 6) is 0. The van der Waals surface area contributed by atoms with Gasteiger partial charge in [-0.1, -0.05) is 13.3 Å². The van der Waals surface area contributed by atoms with Gasteiger partial charge in [0.25, 0.3) is 0 Å². The molecular weight excluding hydrogens is 239 g/mol. The van der Waals surface area contributed by atoms with Crippen LogP contribution in [0.3, 0.4) is 0 Å². The van der Waals surface area contributed by atoms with Gasteiger partial charge in [0, 0.05) is 6.20 Å². The second-order valence-corrected chi connectivity index (χ2v) is 3.12. The third-order valence-electron chi connectivity index (χ3n) is 1.27. The fourth-order valence-corrected chi connectivity index (χ4v) is 1.37. The van der Waals surface area contributed by atoms with E-state index in [0.29, 0.717) is 0 Å². The van der Waals surface area contributed by atoms with Gasteiger partial charge in [0.2, 0.25) is 0 Å². The Balaban J connectivity index is 2.81. The zero-order chi connectivity index (χ0) is 7.40. The highest BCUT2D eigenvalue weighted by Crippen LogP contribution is 2.08. The molecule has 0 N–H and O–H groups in total. The quantitative estimate of drug-likeness (QED) is 0.748. The fourth-order valence-electron chi connectivity index (χ4n) is 0.796. The van der Waals surface area contributed by atoms with E-state index in [1.807, 2.05) is 6.07 Å². The molecule has 0 fully saturated rings. The van der Waals surface area contributed by atoms with Gasteiger partial charge in [-0.2, -0.15) is 5.10 Å². The van der Waals surface area contributed by atoms with E-state index in [0.717, 1.165) is 10.1 Å². The molecule has 0 spiro atoms. The summed E-state index contributed by atoms with van der Waals surface area (Å²) in [5, 5.41) is 7.70. The van der Waals surface area contributed by atoms with Gasteiger partial charge in [0.05, 0.1) is 0 Å². The van der Waals surface area contributed by atoms with Crippen LogP contribution in [0, 0.1) is 3.70 Å². The average Bonchev–Trinajstić information content (AvgIpc) is 1.94. The lowest BCUT2D eigenvalue weighted by Gasteiger charge is -1.97. The van der Waals surface area contributed by atoms with E-state index in [4.69, 9.17) is 0 Å². The predicted molar refractivity (Wildman–Crippen MR) is 48.7 cm³/mol. The van der Waals surface area contributed by atoms with Crippen molar-refractivity contribution in [3.8, 4) is 0 Å². The minimum absolute atomic E-state index is 1.03. The molecule has 0 amide bonds. The Hall–Kier alpha value is -0.190. The van der Waals surface area contributed by atoms with Crippen molar-refractivity contribution in [1.82, 2.24) is 10.2 Å². The van der Waals surface area contributed by atoms with Crippen LogP contribution >= 0.6 is 22.6 Å². The number of hydrogen-bond acceptors (Lipinski definition) is 2. The zero-order valence-corrected chi connectivity index (χ0v) is 8.00. The summed E-state index contributed by atoms with van der Waals surface area (Å²) in [4.78, 5) is 0. The maximum atomic E-state index is 3.93. The van der Waals surface area contributed by atoms with Gasteiger partial charge < -0.3 is 0 Å². The van der Waals surface area contributed by atoms with Crippen molar-refractivity contribution in [1.29, 1.82) is 0 Å². The predicted octanol–water partition coefficient (Wildman–Crippen LogP) is 2.03. The summed E-state index contributed by atoms with van der Waals surface area (Å²) in [6, 6.07) is 2.03. The molecule has 1 rings (SSSR count). The Labute approximate surface area is 74.2 Å². The number of rotatable bonds is 2. The van der Waals surface area contributed by atoms with Crippen LogP contribution in [0.2, 0.25) is 0 Å². The molecule has 0 saturated heterocycles. The van der Waals surface area contributed by atoms with Crippen molar-refractivity contribution in [2.45, 2.75) is 19.8 Å². The van der Waals surface area contributed by atoms with Crippen molar-refractivity contribution in [2.24, 2.45) is 0 Å². The van der Waals surface area contributed by atoms with Crippen molar-refractivity contribution in [3.05, 3.63) is 21.5 Å². The van der Waals surface area contributed by atoms with Gasteiger partial charge in [0.1, 0.15) is 3.70 Å². The van der Waals surface area contributed by atoms with Crippen LogP contribution in [-0.4, -0.2) is 10.2 Å². The molecule has 0 saturated carbocycles. The first kappa shape index (κ1) is 7.91. The molecule has 0 aromatic carbocycles. The van der Waals surface area contributed by atoms with Crippen LogP contribution in [0.1, 0.15) is 18.9 Å². The van der Waals surface area contributed by atoms with Crippen LogP contribution in [0.4, 0.5) is 0 Å². The average molecular weight is 248 g/mol. The van der Waals surface area contributed by atoms with Crippen LogP contribution in [0.25, 0.3) is 0 Å². The number of aromatic nitrogens is 2. The second kappa shape index (κ2) is 3.85. The first-order valence-electron chi connectivity index (χ1n) is 3.30. The van der Waals surface area contributed by atoms with Gasteiger partial charge in [-0.15, -0.1) is 5.10 Å². The summed E-state index contributed by atoms with van der Waals surface area (Å²) in [5.41, 5.74) is 1.30. The molecule has 10 heavy (non-hydrogen) atoms. The topological polar surface area (TPSA) is 25.8 Å². The van der Waals surface area contributed by atoms with E-state index in [-0.39, 0.29) is 0 Å². The normalized spacial score (nSPS) is 9.80. The molecule has 0 atom stereocenters. The third-order valence-corrected chi connectivity index (χ3v) is 2.18. The molecule has 0 aliphatic carbocycles. The summed E-state index contributed by atoms with van der Waals surface area (Å²) >= 11 is 2.21. The van der Waals surface area contributed by atoms with Gasteiger partial charge in [0.15, 0.2) is 0 Å². The lowest BCUT2D eigenvalue weighted by Crippen LogP contribution is -1.92. The lowest BCUT2D eigenvalue weighted by atomic mass is 10.2. The van der Waals surface area contributed by atoms with Crippen molar-refractivity contribution in [2.75, 3.05) is 0 Å². The molecule has 0 radical (unpaired) electrons. The Morgan fingerprint density at radius 2 is 2.40 bits per heavy atom. The van der Waals surface area contributed by atoms with Gasteiger partial charge in [-0.25, -0.2) is 0 Å². The molecule has 0 aliphatic rings. The Kier molecular flexibility index (Phi) is 3.05. The number of aryl methyl sites for hydroxylation is 1. The van der Waals surface area contributed by atoms with E-state index >= 15 is 0 Å². The van der Waals surface area contributed by atoms with Gasteiger partial charge in [-0.3, -0.25) is 0 Å². The Morgan fingerprint density at radius 3 is 3.00 bits per heavy atom. The molecule has 54 valence electrons. The van der Waals surface area contributed by atoms with E-state index in [2.05, 4.69) is 39.7 Å². The molecule has 0 bridgehead atoms. The van der Waals surface area contributed by atoms with E-state index in [1.54, 1.807) is 6.20 Å². The zero-order valence-electron chi connectivity index (χ0n) is 5.84. The van der Waals surface area contributed by atoms with Crippen LogP contribution in [0.15, 0.2) is 12.3 Å². The monoisotopic (exact) mass is 248 g/mol.